The fourth-order valence-electron chi connectivity index (χ4n) is 2.17. The van der Waals surface area contributed by atoms with Gasteiger partial charge in [0.2, 0.25) is 0 Å². The maximum atomic E-state index is 11.1. The highest BCUT2D eigenvalue weighted by atomic mass is 16.4. The van der Waals surface area contributed by atoms with Crippen LogP contribution in [0, 0.1) is 19.8 Å². The van der Waals surface area contributed by atoms with E-state index in [1.54, 1.807) is 10.7 Å². The highest BCUT2D eigenvalue weighted by Crippen LogP contribution is 2.19. The van der Waals surface area contributed by atoms with Crippen molar-refractivity contribution in [3.63, 3.8) is 0 Å². The third-order valence-electron chi connectivity index (χ3n) is 3.35. The molecular weight excluding hydrogens is 252 g/mol. The number of hydrogen-bond donors (Lipinski definition) is 1. The topological polar surface area (TPSA) is 55.1 Å². The summed E-state index contributed by atoms with van der Waals surface area (Å²) in [4.78, 5) is 11.1. The fourth-order valence-corrected chi connectivity index (χ4v) is 2.17. The Kier molecular flexibility index (Phi) is 3.93. The molecule has 106 valence electrons. The molecule has 0 saturated heterocycles. The molecule has 0 aliphatic rings. The fraction of sp³-hybridized carbons (Fsp3) is 0.375. The zero-order valence-electron chi connectivity index (χ0n) is 12.3. The largest absolute Gasteiger partial charge is 0.476 e. The van der Waals surface area contributed by atoms with Crippen molar-refractivity contribution in [2.24, 2.45) is 5.92 Å². The Morgan fingerprint density at radius 2 is 1.95 bits per heavy atom. The number of aromatic nitrogens is 2. The van der Waals surface area contributed by atoms with E-state index in [0.717, 1.165) is 17.8 Å². The van der Waals surface area contributed by atoms with Crippen LogP contribution in [0.15, 0.2) is 24.3 Å². The molecule has 0 spiro atoms. The predicted octanol–water partition coefficient (Wildman–Crippen LogP) is 3.39. The van der Waals surface area contributed by atoms with Crippen LogP contribution in [-0.2, 0) is 6.42 Å². The smallest absolute Gasteiger partial charge is 0.356 e. The molecule has 0 saturated carbocycles. The number of carboxylic acids is 1. The summed E-state index contributed by atoms with van der Waals surface area (Å²) in [6, 6.07) is 7.71. The van der Waals surface area contributed by atoms with Crippen LogP contribution < -0.4 is 0 Å². The summed E-state index contributed by atoms with van der Waals surface area (Å²) in [5.41, 5.74) is 4.32. The molecule has 4 nitrogen and oxygen atoms in total. The van der Waals surface area contributed by atoms with E-state index in [4.69, 9.17) is 5.11 Å². The van der Waals surface area contributed by atoms with Crippen molar-refractivity contribution in [3.8, 4) is 5.69 Å². The van der Waals surface area contributed by atoms with Gasteiger partial charge >= 0.3 is 5.97 Å². The number of nitrogens with zero attached hydrogens (tertiary/aromatic N) is 2. The molecule has 2 aromatic rings. The average molecular weight is 272 g/mol. The monoisotopic (exact) mass is 272 g/mol. The highest BCUT2D eigenvalue weighted by molar-refractivity contribution is 5.85. The van der Waals surface area contributed by atoms with E-state index in [1.165, 1.54) is 11.1 Å². The summed E-state index contributed by atoms with van der Waals surface area (Å²) in [6.45, 7) is 8.32. The first-order valence-electron chi connectivity index (χ1n) is 6.78. The Bertz CT molecular complexity index is 642. The summed E-state index contributed by atoms with van der Waals surface area (Å²) < 4.78 is 1.75. The van der Waals surface area contributed by atoms with Gasteiger partial charge in [0.1, 0.15) is 0 Å². The Hall–Kier alpha value is -2.10. The number of hydrogen-bond acceptors (Lipinski definition) is 2. The van der Waals surface area contributed by atoms with Crippen LogP contribution in [0.4, 0.5) is 0 Å². The molecule has 0 fully saturated rings. The third-order valence-corrected chi connectivity index (χ3v) is 3.35. The van der Waals surface area contributed by atoms with E-state index in [1.807, 2.05) is 25.1 Å². The molecular formula is C16H20N2O2. The summed E-state index contributed by atoms with van der Waals surface area (Å²) in [6.07, 6.45) is 0.799. The summed E-state index contributed by atoms with van der Waals surface area (Å²) in [5.74, 6) is -0.545. The first-order valence-corrected chi connectivity index (χ1v) is 6.78. The molecule has 0 radical (unpaired) electrons. The number of carbonyl (C=O) groups is 1. The number of benzene rings is 1. The van der Waals surface area contributed by atoms with Gasteiger partial charge in [-0.05, 0) is 55.5 Å². The van der Waals surface area contributed by atoms with Gasteiger partial charge in [-0.3, -0.25) is 0 Å². The van der Waals surface area contributed by atoms with E-state index in [0.29, 0.717) is 5.92 Å². The zero-order valence-corrected chi connectivity index (χ0v) is 12.3. The zero-order chi connectivity index (χ0) is 14.9. The SMILES string of the molecule is Cc1ccc(-n2nc(C(=O)O)cc2CC(C)C)cc1C. The Morgan fingerprint density at radius 1 is 1.25 bits per heavy atom. The quantitative estimate of drug-likeness (QED) is 0.928. The lowest BCUT2D eigenvalue weighted by Gasteiger charge is -2.10. The lowest BCUT2D eigenvalue weighted by Crippen LogP contribution is -2.06. The molecule has 0 aliphatic carbocycles. The number of aryl methyl sites for hydroxylation is 2. The minimum absolute atomic E-state index is 0.0962. The number of carboxylic acid groups (broad SMARTS) is 1. The standard InChI is InChI=1S/C16H20N2O2/c1-10(2)7-14-9-15(16(19)20)17-18(14)13-6-5-11(3)12(4)8-13/h5-6,8-10H,7H2,1-4H3,(H,19,20). The number of rotatable bonds is 4. The highest BCUT2D eigenvalue weighted by Gasteiger charge is 2.15. The van der Waals surface area contributed by atoms with Crippen LogP contribution >= 0.6 is 0 Å². The van der Waals surface area contributed by atoms with Crippen LogP contribution in [0.2, 0.25) is 0 Å². The minimum atomic E-state index is -0.988. The molecule has 1 heterocycles. The second-order valence-electron chi connectivity index (χ2n) is 5.60. The van der Waals surface area contributed by atoms with Crippen molar-refractivity contribution in [2.45, 2.75) is 34.1 Å². The third kappa shape index (κ3) is 2.90. The second kappa shape index (κ2) is 5.49. The van der Waals surface area contributed by atoms with Gasteiger partial charge in [0.15, 0.2) is 5.69 Å². The van der Waals surface area contributed by atoms with Gasteiger partial charge in [-0.15, -0.1) is 0 Å². The lowest BCUT2D eigenvalue weighted by molar-refractivity contribution is 0.0690. The van der Waals surface area contributed by atoms with Gasteiger partial charge in [-0.1, -0.05) is 19.9 Å². The van der Waals surface area contributed by atoms with Gasteiger partial charge in [-0.25, -0.2) is 9.48 Å². The van der Waals surface area contributed by atoms with Gasteiger partial charge in [0.05, 0.1) is 5.69 Å². The predicted molar refractivity (Wildman–Crippen MR) is 78.5 cm³/mol. The van der Waals surface area contributed by atoms with Gasteiger partial charge in [0.25, 0.3) is 0 Å². The van der Waals surface area contributed by atoms with Crippen LogP contribution in [0.1, 0.15) is 41.2 Å². The maximum Gasteiger partial charge on any atom is 0.356 e. The second-order valence-corrected chi connectivity index (χ2v) is 5.60. The van der Waals surface area contributed by atoms with Crippen LogP contribution in [0.25, 0.3) is 5.69 Å². The minimum Gasteiger partial charge on any atom is -0.476 e. The average Bonchev–Trinajstić information content (AvgIpc) is 2.76. The molecule has 4 heteroatoms. The molecule has 2 rings (SSSR count). The lowest BCUT2D eigenvalue weighted by atomic mass is 10.1. The van der Waals surface area contributed by atoms with E-state index >= 15 is 0 Å². The van der Waals surface area contributed by atoms with E-state index in [2.05, 4.69) is 25.9 Å². The van der Waals surface area contributed by atoms with Crippen LogP contribution in [0.3, 0.4) is 0 Å². The van der Waals surface area contributed by atoms with Crippen molar-refractivity contribution in [1.29, 1.82) is 0 Å². The molecule has 1 N–H and O–H groups in total. The van der Waals surface area contributed by atoms with E-state index in [-0.39, 0.29) is 5.69 Å². The Balaban J connectivity index is 2.52. The molecule has 0 amide bonds. The van der Waals surface area contributed by atoms with Gasteiger partial charge in [0, 0.05) is 5.69 Å². The van der Waals surface area contributed by atoms with Crippen LogP contribution in [0.5, 0.6) is 0 Å². The summed E-state index contributed by atoms with van der Waals surface area (Å²) >= 11 is 0. The summed E-state index contributed by atoms with van der Waals surface area (Å²) in [5, 5.41) is 13.3. The van der Waals surface area contributed by atoms with Crippen molar-refractivity contribution < 1.29 is 9.90 Å². The van der Waals surface area contributed by atoms with Crippen LogP contribution in [-0.4, -0.2) is 20.9 Å². The van der Waals surface area contributed by atoms with Crippen molar-refractivity contribution in [2.75, 3.05) is 0 Å². The number of aromatic carboxylic acids is 1. The van der Waals surface area contributed by atoms with E-state index in [9.17, 15) is 4.79 Å². The summed E-state index contributed by atoms with van der Waals surface area (Å²) in [7, 11) is 0. The van der Waals surface area contributed by atoms with Crippen molar-refractivity contribution in [1.82, 2.24) is 9.78 Å². The normalized spacial score (nSPS) is 11.1. The first-order chi connectivity index (χ1) is 9.38. The Morgan fingerprint density at radius 3 is 2.50 bits per heavy atom. The molecule has 0 bridgehead atoms. The first kappa shape index (κ1) is 14.3. The van der Waals surface area contributed by atoms with Gasteiger partial charge in [-0.2, -0.15) is 5.10 Å². The molecule has 1 aromatic heterocycles. The molecule has 1 aromatic carbocycles. The molecule has 0 unspecified atom stereocenters. The maximum absolute atomic E-state index is 11.1. The van der Waals surface area contributed by atoms with Gasteiger partial charge < -0.3 is 5.11 Å². The molecule has 0 atom stereocenters. The van der Waals surface area contributed by atoms with Crippen molar-refractivity contribution in [3.05, 3.63) is 46.8 Å². The van der Waals surface area contributed by atoms with E-state index < -0.39 is 5.97 Å². The molecule has 0 aliphatic heterocycles. The molecule has 20 heavy (non-hydrogen) atoms. The van der Waals surface area contributed by atoms with Crippen molar-refractivity contribution >= 4 is 5.97 Å². The Labute approximate surface area is 119 Å².